The molecular weight excluding hydrogens is 296 g/mol. The highest BCUT2D eigenvalue weighted by molar-refractivity contribution is 5.85. The zero-order valence-corrected chi connectivity index (χ0v) is 12.9. The Morgan fingerprint density at radius 2 is 2.09 bits per heavy atom. The van der Waals surface area contributed by atoms with Gasteiger partial charge in [-0.2, -0.15) is 4.98 Å². The Labute approximate surface area is 133 Å². The van der Waals surface area contributed by atoms with E-state index in [1.165, 1.54) is 30.6 Å². The predicted octanol–water partition coefficient (Wildman–Crippen LogP) is 2.29. The summed E-state index contributed by atoms with van der Waals surface area (Å²) in [6.07, 6.45) is 8.86. The molecule has 2 aliphatic heterocycles. The molecule has 1 saturated heterocycles. The number of oxazole rings is 1. The number of nitrogens with zero attached hydrogens (tertiary/aromatic N) is 4. The van der Waals surface area contributed by atoms with Gasteiger partial charge in [-0.3, -0.25) is 0 Å². The first-order chi connectivity index (χ1) is 11.2. The molecule has 122 valence electrons. The first kappa shape index (κ1) is 14.3. The number of rotatable bonds is 3. The summed E-state index contributed by atoms with van der Waals surface area (Å²) in [4.78, 5) is 21.6. The van der Waals surface area contributed by atoms with E-state index in [0.717, 1.165) is 38.9 Å². The van der Waals surface area contributed by atoms with Gasteiger partial charge < -0.3 is 19.0 Å². The molecule has 0 radical (unpaired) electrons. The van der Waals surface area contributed by atoms with Gasteiger partial charge in [-0.15, -0.1) is 0 Å². The lowest BCUT2D eigenvalue weighted by Crippen LogP contribution is -2.34. The quantitative estimate of drug-likeness (QED) is 0.935. The number of hydrogen-bond acceptors (Lipinski definition) is 5. The van der Waals surface area contributed by atoms with Gasteiger partial charge in [-0.05, 0) is 32.1 Å². The monoisotopic (exact) mass is 316 g/mol. The zero-order chi connectivity index (χ0) is 15.8. The molecule has 0 spiro atoms. The van der Waals surface area contributed by atoms with E-state index in [1.54, 1.807) is 0 Å². The molecule has 0 amide bonds. The summed E-state index contributed by atoms with van der Waals surface area (Å²) >= 11 is 0. The number of aryl methyl sites for hydroxylation is 1. The average molecular weight is 316 g/mol. The van der Waals surface area contributed by atoms with Crippen molar-refractivity contribution in [3.05, 3.63) is 29.7 Å². The van der Waals surface area contributed by atoms with Gasteiger partial charge in [0, 0.05) is 37.4 Å². The maximum absolute atomic E-state index is 10.9. The second-order valence-electron chi connectivity index (χ2n) is 6.30. The van der Waals surface area contributed by atoms with E-state index >= 15 is 0 Å². The summed E-state index contributed by atoms with van der Waals surface area (Å²) < 4.78 is 7.70. The van der Waals surface area contributed by atoms with Crippen LogP contribution in [-0.2, 0) is 13.0 Å². The van der Waals surface area contributed by atoms with E-state index < -0.39 is 5.97 Å². The Bertz CT molecular complexity index is 713. The first-order valence-electron chi connectivity index (χ1n) is 8.20. The van der Waals surface area contributed by atoms with Gasteiger partial charge in [0.25, 0.3) is 6.01 Å². The summed E-state index contributed by atoms with van der Waals surface area (Å²) in [6.45, 7) is 2.71. The van der Waals surface area contributed by atoms with Gasteiger partial charge in [-0.1, -0.05) is 0 Å². The number of aromatic carboxylic acids is 1. The Balaban J connectivity index is 1.44. The lowest BCUT2D eigenvalue weighted by molar-refractivity contribution is 0.0690. The van der Waals surface area contributed by atoms with E-state index in [-0.39, 0.29) is 5.69 Å². The minimum absolute atomic E-state index is 0.0375. The number of hydrogen-bond donors (Lipinski definition) is 1. The lowest BCUT2D eigenvalue weighted by Gasteiger charge is -2.31. The molecule has 1 N–H and O–H groups in total. The minimum atomic E-state index is -1.06. The predicted molar refractivity (Wildman–Crippen MR) is 82.8 cm³/mol. The lowest BCUT2D eigenvalue weighted by atomic mass is 9.95. The molecule has 7 heteroatoms. The molecule has 0 unspecified atom stereocenters. The van der Waals surface area contributed by atoms with Crippen molar-refractivity contribution in [3.8, 4) is 0 Å². The molecular formula is C16H20N4O3. The number of piperidine rings is 1. The Hall–Kier alpha value is -2.31. The molecule has 0 bridgehead atoms. The normalized spacial score (nSPS) is 18.9. The number of carbonyl (C=O) groups is 1. The molecule has 0 atom stereocenters. The van der Waals surface area contributed by atoms with E-state index in [0.29, 0.717) is 11.9 Å². The topological polar surface area (TPSA) is 84.4 Å². The third-order valence-electron chi connectivity index (χ3n) is 4.88. The number of aromatic nitrogens is 3. The van der Waals surface area contributed by atoms with E-state index in [1.807, 2.05) is 11.1 Å². The highest BCUT2D eigenvalue weighted by Gasteiger charge is 2.28. The summed E-state index contributed by atoms with van der Waals surface area (Å²) in [7, 11) is 0. The van der Waals surface area contributed by atoms with Crippen molar-refractivity contribution in [2.24, 2.45) is 0 Å². The number of carboxylic acid groups (broad SMARTS) is 1. The summed E-state index contributed by atoms with van der Waals surface area (Å²) in [5.74, 6) is 0.629. The van der Waals surface area contributed by atoms with Crippen LogP contribution in [0.15, 0.2) is 16.9 Å². The van der Waals surface area contributed by atoms with Crippen molar-refractivity contribution >= 4 is 12.0 Å². The van der Waals surface area contributed by atoms with Crippen molar-refractivity contribution in [1.29, 1.82) is 0 Å². The zero-order valence-electron chi connectivity index (χ0n) is 12.9. The molecule has 2 aromatic heterocycles. The van der Waals surface area contributed by atoms with Gasteiger partial charge in [0.15, 0.2) is 5.69 Å². The van der Waals surface area contributed by atoms with Crippen molar-refractivity contribution in [3.63, 3.8) is 0 Å². The van der Waals surface area contributed by atoms with Crippen LogP contribution in [-0.4, -0.2) is 38.7 Å². The Morgan fingerprint density at radius 1 is 1.26 bits per heavy atom. The van der Waals surface area contributed by atoms with Crippen molar-refractivity contribution in [1.82, 2.24) is 14.5 Å². The largest absolute Gasteiger partial charge is 0.476 e. The Morgan fingerprint density at radius 3 is 2.83 bits per heavy atom. The molecule has 4 heterocycles. The average Bonchev–Trinajstić information content (AvgIpc) is 3.22. The fourth-order valence-electron chi connectivity index (χ4n) is 3.62. The molecule has 0 saturated carbocycles. The van der Waals surface area contributed by atoms with Crippen LogP contribution < -0.4 is 4.90 Å². The highest BCUT2D eigenvalue weighted by atomic mass is 16.4. The van der Waals surface area contributed by atoms with Crippen LogP contribution in [0.3, 0.4) is 0 Å². The number of anilines is 1. The van der Waals surface area contributed by atoms with Gasteiger partial charge in [-0.25, -0.2) is 9.78 Å². The third kappa shape index (κ3) is 2.60. The van der Waals surface area contributed by atoms with E-state index in [4.69, 9.17) is 9.52 Å². The Kier molecular flexibility index (Phi) is 3.55. The first-order valence-corrected chi connectivity index (χ1v) is 8.20. The second-order valence-corrected chi connectivity index (χ2v) is 6.30. The molecule has 7 nitrogen and oxygen atoms in total. The molecule has 1 fully saturated rings. The van der Waals surface area contributed by atoms with E-state index in [9.17, 15) is 4.79 Å². The SMILES string of the molecule is O=C(O)c1coc(N2CCC(c3ncc4n3CCCC4)CC2)n1. The minimum Gasteiger partial charge on any atom is -0.476 e. The fourth-order valence-corrected chi connectivity index (χ4v) is 3.62. The number of fused-ring (bicyclic) bond motifs is 1. The van der Waals surface area contributed by atoms with Crippen LogP contribution in [0.2, 0.25) is 0 Å². The van der Waals surface area contributed by atoms with Gasteiger partial charge in [0.05, 0.1) is 0 Å². The molecule has 2 aromatic rings. The molecule has 4 rings (SSSR count). The fraction of sp³-hybridized carbons (Fsp3) is 0.562. The highest BCUT2D eigenvalue weighted by Crippen LogP contribution is 2.31. The van der Waals surface area contributed by atoms with Crippen LogP contribution in [0, 0.1) is 0 Å². The summed E-state index contributed by atoms with van der Waals surface area (Å²) in [6, 6.07) is 0.408. The standard InChI is InChI=1S/C16H20N4O3/c21-15(22)13-10-23-16(18-13)19-7-4-11(5-8-19)14-17-9-12-3-1-2-6-20(12)14/h9-11H,1-8H2,(H,21,22). The van der Waals surface area contributed by atoms with E-state index in [2.05, 4.69) is 14.5 Å². The van der Waals surface area contributed by atoms with Crippen LogP contribution in [0.4, 0.5) is 6.01 Å². The van der Waals surface area contributed by atoms with Crippen LogP contribution in [0.25, 0.3) is 0 Å². The van der Waals surface area contributed by atoms with Gasteiger partial charge in [0.1, 0.15) is 12.1 Å². The van der Waals surface area contributed by atoms with Crippen LogP contribution in [0.1, 0.15) is 53.6 Å². The third-order valence-corrected chi connectivity index (χ3v) is 4.88. The summed E-state index contributed by atoms with van der Waals surface area (Å²) in [5, 5.41) is 8.92. The van der Waals surface area contributed by atoms with Crippen molar-refractivity contribution in [2.45, 2.75) is 44.6 Å². The molecule has 23 heavy (non-hydrogen) atoms. The summed E-state index contributed by atoms with van der Waals surface area (Å²) in [5.41, 5.74) is 1.33. The molecule has 2 aliphatic rings. The van der Waals surface area contributed by atoms with Gasteiger partial charge >= 0.3 is 5.97 Å². The second kappa shape index (κ2) is 5.72. The molecule has 0 aliphatic carbocycles. The smallest absolute Gasteiger partial charge is 0.357 e. The van der Waals surface area contributed by atoms with Crippen molar-refractivity contribution < 1.29 is 14.3 Å². The maximum atomic E-state index is 10.9. The number of imidazole rings is 1. The van der Waals surface area contributed by atoms with Gasteiger partial charge in [0.2, 0.25) is 0 Å². The van der Waals surface area contributed by atoms with Crippen LogP contribution in [0.5, 0.6) is 0 Å². The maximum Gasteiger partial charge on any atom is 0.357 e. The number of carboxylic acids is 1. The molecule has 0 aromatic carbocycles. The van der Waals surface area contributed by atoms with Crippen molar-refractivity contribution in [2.75, 3.05) is 18.0 Å². The van der Waals surface area contributed by atoms with Crippen LogP contribution >= 0.6 is 0 Å².